The number of benzene rings is 2. The molecule has 0 spiro atoms. The number of furan rings is 1. The number of rotatable bonds is 6. The molecule has 9 nitrogen and oxygen atoms in total. The average Bonchev–Trinajstić information content (AvgIpc) is 3.22. The number of hydrogen-bond acceptors (Lipinski definition) is 9. The van der Waals surface area contributed by atoms with Gasteiger partial charge in [0.15, 0.2) is 5.82 Å². The Bertz CT molecular complexity index is 1440. The molecule has 0 unspecified atom stereocenters. The number of aromatic nitrogens is 2. The van der Waals surface area contributed by atoms with E-state index in [0.717, 1.165) is 5.56 Å². The molecule has 0 fully saturated rings. The van der Waals surface area contributed by atoms with Crippen molar-refractivity contribution in [2.75, 3.05) is 19.5 Å². The first kappa shape index (κ1) is 23.2. The number of methoxy groups -OCH3 is 2. The lowest BCUT2D eigenvalue weighted by Gasteiger charge is -2.16. The van der Waals surface area contributed by atoms with Crippen LogP contribution in [0.3, 0.4) is 0 Å². The van der Waals surface area contributed by atoms with Gasteiger partial charge in [-0.2, -0.15) is 5.26 Å². The molecule has 0 atom stereocenters. The molecule has 0 amide bonds. The van der Waals surface area contributed by atoms with Gasteiger partial charge in [-0.15, -0.1) is 10.2 Å². The van der Waals surface area contributed by atoms with Crippen molar-refractivity contribution in [3.63, 3.8) is 0 Å². The minimum Gasteiger partial charge on any atom is -0.465 e. The molecule has 2 aromatic heterocycles. The molecule has 0 aliphatic rings. The third-order valence-electron chi connectivity index (χ3n) is 5.29. The largest absolute Gasteiger partial charge is 0.465 e. The van der Waals surface area contributed by atoms with Crippen LogP contribution in [0.15, 0.2) is 65.1 Å². The summed E-state index contributed by atoms with van der Waals surface area (Å²) in [6, 6.07) is 20.5. The Morgan fingerprint density at radius 2 is 1.46 bits per heavy atom. The van der Waals surface area contributed by atoms with E-state index in [0.29, 0.717) is 16.8 Å². The van der Waals surface area contributed by atoms with E-state index >= 15 is 0 Å². The Morgan fingerprint density at radius 1 is 0.886 bits per heavy atom. The summed E-state index contributed by atoms with van der Waals surface area (Å²) >= 11 is 0. The zero-order valence-corrected chi connectivity index (χ0v) is 19.2. The molecule has 0 saturated carbocycles. The molecule has 0 aliphatic heterocycles. The quantitative estimate of drug-likeness (QED) is 0.393. The van der Waals surface area contributed by atoms with Crippen molar-refractivity contribution in [2.24, 2.45) is 0 Å². The maximum Gasteiger partial charge on any atom is 0.342 e. The normalized spacial score (nSPS) is 10.3. The maximum absolute atomic E-state index is 13.1. The molecule has 0 bridgehead atoms. The standard InChI is InChI=1S/C26H20N4O5/c1-15-19(25(31)33-2)18(14-27)24(35-15)28-23-21(26(32)34-3)20(16-10-6-4-7-11-16)22(29-30-23)17-12-8-5-9-13-17/h4-13H,1-3H3,(H,28,30). The lowest BCUT2D eigenvalue weighted by Crippen LogP contribution is -2.12. The number of ether oxygens (including phenoxy) is 2. The maximum atomic E-state index is 13.1. The highest BCUT2D eigenvalue weighted by Gasteiger charge is 2.29. The number of nitriles is 1. The van der Waals surface area contributed by atoms with Crippen LogP contribution in [0.4, 0.5) is 11.7 Å². The topological polar surface area (TPSA) is 127 Å². The summed E-state index contributed by atoms with van der Waals surface area (Å²) < 4.78 is 15.5. The van der Waals surface area contributed by atoms with Crippen molar-refractivity contribution < 1.29 is 23.5 Å². The number of nitrogens with one attached hydrogen (secondary N) is 1. The SMILES string of the molecule is COC(=O)c1c(C)oc(Nc2nnc(-c3ccccc3)c(-c3ccccc3)c2C(=O)OC)c1C#N. The minimum atomic E-state index is -0.723. The van der Waals surface area contributed by atoms with Gasteiger partial charge in [0, 0.05) is 11.1 Å². The molecule has 0 radical (unpaired) electrons. The fraction of sp³-hybridized carbons (Fsp3) is 0.115. The summed E-state index contributed by atoms with van der Waals surface area (Å²) in [5.74, 6) is -1.30. The number of hydrogen-bond donors (Lipinski definition) is 1. The fourth-order valence-corrected chi connectivity index (χ4v) is 3.70. The second-order valence-corrected chi connectivity index (χ2v) is 7.34. The molecule has 4 aromatic rings. The highest BCUT2D eigenvalue weighted by molar-refractivity contribution is 6.06. The molecule has 0 saturated heterocycles. The Morgan fingerprint density at radius 3 is 2.03 bits per heavy atom. The Kier molecular flexibility index (Phi) is 6.55. The average molecular weight is 468 g/mol. The van der Waals surface area contributed by atoms with Gasteiger partial charge in [0.2, 0.25) is 5.88 Å². The monoisotopic (exact) mass is 468 g/mol. The first-order valence-electron chi connectivity index (χ1n) is 10.5. The van der Waals surface area contributed by atoms with Gasteiger partial charge in [0.1, 0.15) is 34.2 Å². The van der Waals surface area contributed by atoms with Crippen LogP contribution in [0.1, 0.15) is 32.0 Å². The van der Waals surface area contributed by atoms with Crippen LogP contribution in [-0.4, -0.2) is 36.4 Å². The lowest BCUT2D eigenvalue weighted by atomic mass is 9.95. The zero-order chi connectivity index (χ0) is 24.9. The van der Waals surface area contributed by atoms with E-state index < -0.39 is 11.9 Å². The zero-order valence-electron chi connectivity index (χ0n) is 19.2. The van der Waals surface area contributed by atoms with E-state index in [4.69, 9.17) is 13.9 Å². The summed E-state index contributed by atoms with van der Waals surface area (Å²) in [7, 11) is 2.47. The van der Waals surface area contributed by atoms with Crippen LogP contribution in [0.2, 0.25) is 0 Å². The Balaban J connectivity index is 1.98. The van der Waals surface area contributed by atoms with Crippen LogP contribution in [-0.2, 0) is 9.47 Å². The first-order chi connectivity index (χ1) is 17.0. The van der Waals surface area contributed by atoms with Gasteiger partial charge in [-0.3, -0.25) is 0 Å². The third-order valence-corrected chi connectivity index (χ3v) is 5.29. The molecule has 9 heteroatoms. The van der Waals surface area contributed by atoms with Crippen LogP contribution in [0.25, 0.3) is 22.4 Å². The number of nitrogens with zero attached hydrogens (tertiary/aromatic N) is 3. The van der Waals surface area contributed by atoms with Gasteiger partial charge in [0.25, 0.3) is 0 Å². The summed E-state index contributed by atoms with van der Waals surface area (Å²) in [4.78, 5) is 25.3. The van der Waals surface area contributed by atoms with Crippen molar-refractivity contribution in [1.29, 1.82) is 5.26 Å². The Hall–Kier alpha value is -4.97. The van der Waals surface area contributed by atoms with Crippen molar-refractivity contribution in [1.82, 2.24) is 10.2 Å². The smallest absolute Gasteiger partial charge is 0.342 e. The van der Waals surface area contributed by atoms with Gasteiger partial charge in [0.05, 0.1) is 14.2 Å². The highest BCUT2D eigenvalue weighted by Crippen LogP contribution is 2.38. The predicted octanol–water partition coefficient (Wildman–Crippen LogP) is 4.90. The minimum absolute atomic E-state index is 0.00273. The summed E-state index contributed by atoms with van der Waals surface area (Å²) in [6.07, 6.45) is 0. The first-order valence-corrected chi connectivity index (χ1v) is 10.5. The van der Waals surface area contributed by atoms with Gasteiger partial charge in [-0.25, -0.2) is 9.59 Å². The van der Waals surface area contributed by atoms with Crippen LogP contribution >= 0.6 is 0 Å². The highest BCUT2D eigenvalue weighted by atomic mass is 16.5. The van der Waals surface area contributed by atoms with Crippen molar-refractivity contribution >= 4 is 23.6 Å². The lowest BCUT2D eigenvalue weighted by molar-refractivity contribution is 0.0591. The molecule has 2 aromatic carbocycles. The molecular weight excluding hydrogens is 448 g/mol. The second-order valence-electron chi connectivity index (χ2n) is 7.34. The molecule has 4 rings (SSSR count). The van der Waals surface area contributed by atoms with Crippen molar-refractivity contribution in [2.45, 2.75) is 6.92 Å². The fourth-order valence-electron chi connectivity index (χ4n) is 3.70. The number of anilines is 2. The van der Waals surface area contributed by atoms with E-state index in [-0.39, 0.29) is 34.2 Å². The van der Waals surface area contributed by atoms with E-state index in [2.05, 4.69) is 15.5 Å². The van der Waals surface area contributed by atoms with Gasteiger partial charge in [-0.1, -0.05) is 60.7 Å². The second kappa shape index (κ2) is 9.89. The molecule has 0 aliphatic carbocycles. The van der Waals surface area contributed by atoms with E-state index in [1.165, 1.54) is 21.1 Å². The number of carbonyl (C=O) groups is 2. The van der Waals surface area contributed by atoms with Crippen LogP contribution < -0.4 is 5.32 Å². The van der Waals surface area contributed by atoms with Crippen molar-refractivity contribution in [3.05, 3.63) is 83.1 Å². The van der Waals surface area contributed by atoms with Crippen LogP contribution in [0.5, 0.6) is 0 Å². The number of carbonyl (C=O) groups excluding carboxylic acids is 2. The van der Waals surface area contributed by atoms with Gasteiger partial charge >= 0.3 is 11.9 Å². The van der Waals surface area contributed by atoms with Gasteiger partial charge in [-0.05, 0) is 12.5 Å². The molecule has 2 heterocycles. The number of aryl methyl sites for hydroxylation is 1. The van der Waals surface area contributed by atoms with E-state index in [1.807, 2.05) is 66.7 Å². The summed E-state index contributed by atoms with van der Waals surface area (Å²) in [5.41, 5.74) is 2.39. The summed E-state index contributed by atoms with van der Waals surface area (Å²) in [5, 5.41) is 21.2. The molecule has 1 N–H and O–H groups in total. The van der Waals surface area contributed by atoms with E-state index in [9.17, 15) is 14.9 Å². The summed E-state index contributed by atoms with van der Waals surface area (Å²) in [6.45, 7) is 1.53. The molecular formula is C26H20N4O5. The van der Waals surface area contributed by atoms with E-state index in [1.54, 1.807) is 0 Å². The molecule has 35 heavy (non-hydrogen) atoms. The van der Waals surface area contributed by atoms with Crippen LogP contribution in [0, 0.1) is 18.3 Å². The Labute approximate surface area is 200 Å². The van der Waals surface area contributed by atoms with Gasteiger partial charge < -0.3 is 19.2 Å². The molecule has 174 valence electrons. The van der Waals surface area contributed by atoms with Crippen molar-refractivity contribution in [3.8, 4) is 28.5 Å². The third kappa shape index (κ3) is 4.32. The predicted molar refractivity (Wildman–Crippen MR) is 127 cm³/mol. The number of esters is 2.